The van der Waals surface area contributed by atoms with E-state index in [0.29, 0.717) is 0 Å². The first kappa shape index (κ1) is 10.8. The molecule has 5 heteroatoms. The molecule has 1 aromatic rings. The fourth-order valence-corrected chi connectivity index (χ4v) is 1.07. The number of pyridine rings is 1. The van der Waals surface area contributed by atoms with Gasteiger partial charge in [0.1, 0.15) is 0 Å². The molecule has 76 valence electrons. The number of carbonyl (C=O) groups is 1. The molecule has 1 aromatic heterocycles. The Morgan fingerprint density at radius 1 is 1.57 bits per heavy atom. The van der Waals surface area contributed by atoms with E-state index in [0.717, 1.165) is 0 Å². The second kappa shape index (κ2) is 4.28. The van der Waals surface area contributed by atoms with Gasteiger partial charge in [0.2, 0.25) is 5.88 Å². The van der Waals surface area contributed by atoms with Gasteiger partial charge in [-0.1, -0.05) is 11.6 Å². The predicted octanol–water partition coefficient (Wildman–Crippen LogP) is 2.22. The predicted molar refractivity (Wildman–Crippen MR) is 52.0 cm³/mol. The van der Waals surface area contributed by atoms with Crippen molar-refractivity contribution in [2.45, 2.75) is 20.0 Å². The van der Waals surface area contributed by atoms with E-state index in [2.05, 4.69) is 4.98 Å². The number of nitrogens with zero attached hydrogens (tertiary/aromatic N) is 1. The second-order valence-electron chi connectivity index (χ2n) is 2.95. The van der Waals surface area contributed by atoms with Crippen LogP contribution in [0.5, 0.6) is 5.88 Å². The van der Waals surface area contributed by atoms with E-state index in [1.165, 1.54) is 12.1 Å². The smallest absolute Gasteiger partial charge is 0.356 e. The molecule has 0 saturated heterocycles. The highest BCUT2D eigenvalue weighted by Gasteiger charge is 2.12. The Kier molecular flexibility index (Phi) is 3.30. The summed E-state index contributed by atoms with van der Waals surface area (Å²) in [4.78, 5) is 14.4. The second-order valence-corrected chi connectivity index (χ2v) is 3.36. The summed E-state index contributed by atoms with van der Waals surface area (Å²) in [7, 11) is 0. The maximum Gasteiger partial charge on any atom is 0.356 e. The maximum absolute atomic E-state index is 10.7. The number of hydrogen-bond acceptors (Lipinski definition) is 3. The van der Waals surface area contributed by atoms with Crippen LogP contribution in [0.1, 0.15) is 24.3 Å². The van der Waals surface area contributed by atoms with Crippen molar-refractivity contribution in [3.05, 3.63) is 22.8 Å². The van der Waals surface area contributed by atoms with E-state index >= 15 is 0 Å². The van der Waals surface area contributed by atoms with Gasteiger partial charge in [0, 0.05) is 6.07 Å². The van der Waals surface area contributed by atoms with Crippen molar-refractivity contribution >= 4 is 17.6 Å². The first-order chi connectivity index (χ1) is 6.50. The summed E-state index contributed by atoms with van der Waals surface area (Å²) in [5.74, 6) is -0.897. The summed E-state index contributed by atoms with van der Waals surface area (Å²) < 4.78 is 5.23. The normalized spacial score (nSPS) is 10.3. The summed E-state index contributed by atoms with van der Waals surface area (Å²) in [6, 6.07) is 2.99. The minimum atomic E-state index is -1.16. The van der Waals surface area contributed by atoms with Crippen molar-refractivity contribution < 1.29 is 14.6 Å². The SMILES string of the molecule is CC(C)Oc1ccc(Cl)c(C(=O)O)n1. The molecule has 0 fully saturated rings. The molecule has 0 aliphatic rings. The van der Waals surface area contributed by atoms with Crippen LogP contribution in [0.3, 0.4) is 0 Å². The molecule has 0 aromatic carbocycles. The molecule has 1 heterocycles. The number of halogens is 1. The van der Waals surface area contributed by atoms with Crippen molar-refractivity contribution in [3.8, 4) is 5.88 Å². The Balaban J connectivity index is 3.00. The summed E-state index contributed by atoms with van der Waals surface area (Å²) >= 11 is 5.63. The van der Waals surface area contributed by atoms with Crippen molar-refractivity contribution in [2.75, 3.05) is 0 Å². The highest BCUT2D eigenvalue weighted by molar-refractivity contribution is 6.33. The van der Waals surface area contributed by atoms with Crippen molar-refractivity contribution in [1.82, 2.24) is 4.98 Å². The lowest BCUT2D eigenvalue weighted by atomic mass is 10.3. The van der Waals surface area contributed by atoms with Crippen molar-refractivity contribution in [3.63, 3.8) is 0 Å². The lowest BCUT2D eigenvalue weighted by Gasteiger charge is -2.09. The average Bonchev–Trinajstić information content (AvgIpc) is 2.07. The molecule has 0 spiro atoms. The molecule has 0 amide bonds. The van der Waals surface area contributed by atoms with Crippen LogP contribution in [0, 0.1) is 0 Å². The van der Waals surface area contributed by atoms with Crippen LogP contribution in [0.4, 0.5) is 0 Å². The molecular weight excluding hydrogens is 206 g/mol. The van der Waals surface area contributed by atoms with Gasteiger partial charge in [-0.25, -0.2) is 9.78 Å². The topological polar surface area (TPSA) is 59.4 Å². The molecule has 0 aliphatic carbocycles. The molecule has 14 heavy (non-hydrogen) atoms. The maximum atomic E-state index is 10.7. The first-order valence-corrected chi connectivity index (χ1v) is 4.45. The van der Waals surface area contributed by atoms with E-state index in [-0.39, 0.29) is 22.7 Å². The third kappa shape index (κ3) is 2.60. The zero-order chi connectivity index (χ0) is 10.7. The van der Waals surface area contributed by atoms with Crippen LogP contribution >= 0.6 is 11.6 Å². The van der Waals surface area contributed by atoms with Crippen LogP contribution in [-0.4, -0.2) is 22.2 Å². The van der Waals surface area contributed by atoms with Crippen LogP contribution < -0.4 is 4.74 Å². The Labute approximate surface area is 86.5 Å². The lowest BCUT2D eigenvalue weighted by Crippen LogP contribution is -2.09. The van der Waals surface area contributed by atoms with Crippen LogP contribution in [-0.2, 0) is 0 Å². The average molecular weight is 216 g/mol. The fourth-order valence-electron chi connectivity index (χ4n) is 0.881. The minimum absolute atomic E-state index is 0.0506. The minimum Gasteiger partial charge on any atom is -0.476 e. The third-order valence-corrected chi connectivity index (χ3v) is 1.68. The molecule has 0 atom stereocenters. The van der Waals surface area contributed by atoms with E-state index in [9.17, 15) is 4.79 Å². The zero-order valence-corrected chi connectivity index (χ0v) is 8.58. The number of hydrogen-bond donors (Lipinski definition) is 1. The Morgan fingerprint density at radius 3 is 2.71 bits per heavy atom. The van der Waals surface area contributed by atoms with Crippen LogP contribution in [0.15, 0.2) is 12.1 Å². The van der Waals surface area contributed by atoms with Gasteiger partial charge < -0.3 is 9.84 Å². The molecule has 1 rings (SSSR count). The monoisotopic (exact) mass is 215 g/mol. The third-order valence-electron chi connectivity index (χ3n) is 1.38. The van der Waals surface area contributed by atoms with Gasteiger partial charge in [0.15, 0.2) is 5.69 Å². The summed E-state index contributed by atoms with van der Waals surface area (Å²) in [6.45, 7) is 3.66. The molecule has 0 bridgehead atoms. The van der Waals surface area contributed by atoms with E-state index in [1.54, 1.807) is 0 Å². The van der Waals surface area contributed by atoms with Gasteiger partial charge in [-0.3, -0.25) is 0 Å². The fraction of sp³-hybridized carbons (Fsp3) is 0.333. The van der Waals surface area contributed by atoms with E-state index in [4.69, 9.17) is 21.4 Å². The summed E-state index contributed by atoms with van der Waals surface area (Å²) in [6.07, 6.45) is -0.0506. The van der Waals surface area contributed by atoms with Gasteiger partial charge in [-0.05, 0) is 19.9 Å². The van der Waals surface area contributed by atoms with Gasteiger partial charge >= 0.3 is 5.97 Å². The van der Waals surface area contributed by atoms with Crippen molar-refractivity contribution in [1.29, 1.82) is 0 Å². The zero-order valence-electron chi connectivity index (χ0n) is 7.82. The highest BCUT2D eigenvalue weighted by atomic mass is 35.5. The first-order valence-electron chi connectivity index (χ1n) is 4.07. The van der Waals surface area contributed by atoms with Gasteiger partial charge in [-0.15, -0.1) is 0 Å². The quantitative estimate of drug-likeness (QED) is 0.840. The standard InChI is InChI=1S/C9H10ClNO3/c1-5(2)14-7-4-3-6(10)8(11-7)9(12)13/h3-5H,1-2H3,(H,12,13). The molecule has 0 unspecified atom stereocenters. The van der Waals surface area contributed by atoms with Crippen LogP contribution in [0.2, 0.25) is 5.02 Å². The Morgan fingerprint density at radius 2 is 2.21 bits per heavy atom. The van der Waals surface area contributed by atoms with Gasteiger partial charge in [0.25, 0.3) is 0 Å². The summed E-state index contributed by atoms with van der Waals surface area (Å²) in [5, 5.41) is 8.83. The van der Waals surface area contributed by atoms with E-state index in [1.807, 2.05) is 13.8 Å². The lowest BCUT2D eigenvalue weighted by molar-refractivity contribution is 0.0688. The number of rotatable bonds is 3. The van der Waals surface area contributed by atoms with E-state index < -0.39 is 5.97 Å². The van der Waals surface area contributed by atoms with Crippen LogP contribution in [0.25, 0.3) is 0 Å². The molecule has 0 saturated carbocycles. The number of carboxylic acids is 1. The molecule has 4 nitrogen and oxygen atoms in total. The molecule has 1 N–H and O–H groups in total. The molecular formula is C9H10ClNO3. The largest absolute Gasteiger partial charge is 0.476 e. The molecule has 0 aliphatic heterocycles. The Bertz CT molecular complexity index is 352. The number of carboxylic acid groups (broad SMARTS) is 1. The van der Waals surface area contributed by atoms with Crippen molar-refractivity contribution in [2.24, 2.45) is 0 Å². The molecule has 0 radical (unpaired) electrons. The Hall–Kier alpha value is -1.29. The summed E-state index contributed by atoms with van der Waals surface area (Å²) in [5.41, 5.74) is -0.190. The number of aromatic carboxylic acids is 1. The van der Waals surface area contributed by atoms with Gasteiger partial charge in [-0.2, -0.15) is 0 Å². The number of aromatic nitrogens is 1. The highest BCUT2D eigenvalue weighted by Crippen LogP contribution is 2.18. The van der Waals surface area contributed by atoms with Gasteiger partial charge in [0.05, 0.1) is 11.1 Å². The number of ether oxygens (including phenoxy) is 1.